The summed E-state index contributed by atoms with van der Waals surface area (Å²) in [5.41, 5.74) is 1.29. The van der Waals surface area contributed by atoms with Crippen LogP contribution in [0.15, 0.2) is 24.3 Å². The summed E-state index contributed by atoms with van der Waals surface area (Å²) in [5, 5.41) is 4.49. The van der Waals surface area contributed by atoms with Gasteiger partial charge < -0.3 is 5.32 Å². The Morgan fingerprint density at radius 2 is 1.94 bits per heavy atom. The van der Waals surface area contributed by atoms with Crippen molar-refractivity contribution >= 4 is 11.6 Å². The van der Waals surface area contributed by atoms with E-state index >= 15 is 0 Å². The van der Waals surface area contributed by atoms with Crippen LogP contribution < -0.4 is 5.32 Å². The summed E-state index contributed by atoms with van der Waals surface area (Å²) >= 11 is 6.03. The third-order valence-corrected chi connectivity index (χ3v) is 4.27. The average molecular weight is 266 g/mol. The molecule has 1 N–H and O–H groups in total. The third kappa shape index (κ3) is 4.29. The Morgan fingerprint density at radius 1 is 1.22 bits per heavy atom. The van der Waals surface area contributed by atoms with Crippen LogP contribution in [-0.2, 0) is 0 Å². The van der Waals surface area contributed by atoms with Crippen molar-refractivity contribution in [1.82, 2.24) is 5.32 Å². The van der Waals surface area contributed by atoms with Crippen molar-refractivity contribution < 1.29 is 0 Å². The van der Waals surface area contributed by atoms with Gasteiger partial charge in [0.2, 0.25) is 0 Å². The third-order valence-electron chi connectivity index (χ3n) is 4.04. The standard InChI is InChI=1S/C16H24ClN/c1-13(15-9-6-10-16(17)11-15)18-12-14-7-4-2-3-5-8-14/h6,9-11,13-14,18H,2-5,7-8,12H2,1H3/t13-/m1/s1. The molecule has 0 aromatic heterocycles. The van der Waals surface area contributed by atoms with Gasteiger partial charge in [-0.15, -0.1) is 0 Å². The molecule has 2 rings (SSSR count). The van der Waals surface area contributed by atoms with Gasteiger partial charge in [0.1, 0.15) is 0 Å². The molecule has 1 nitrogen and oxygen atoms in total. The first-order valence-corrected chi connectivity index (χ1v) is 7.62. The van der Waals surface area contributed by atoms with Crippen molar-refractivity contribution in [2.45, 2.75) is 51.5 Å². The van der Waals surface area contributed by atoms with E-state index in [2.05, 4.69) is 24.4 Å². The molecular formula is C16H24ClN. The van der Waals surface area contributed by atoms with E-state index in [1.165, 1.54) is 44.1 Å². The molecule has 1 fully saturated rings. The molecule has 0 spiro atoms. The summed E-state index contributed by atoms with van der Waals surface area (Å²) in [4.78, 5) is 0. The number of rotatable bonds is 4. The molecule has 2 heteroatoms. The molecule has 0 bridgehead atoms. The van der Waals surface area contributed by atoms with Gasteiger partial charge in [-0.25, -0.2) is 0 Å². The van der Waals surface area contributed by atoms with Crippen LogP contribution >= 0.6 is 11.6 Å². The SMILES string of the molecule is C[C@@H](NCC1CCCCCC1)c1cccc(Cl)c1. The predicted molar refractivity (Wildman–Crippen MR) is 79.1 cm³/mol. The molecule has 0 heterocycles. The lowest BCUT2D eigenvalue weighted by Crippen LogP contribution is -2.25. The second-order valence-electron chi connectivity index (χ2n) is 5.54. The van der Waals surface area contributed by atoms with Gasteiger partial charge >= 0.3 is 0 Å². The maximum absolute atomic E-state index is 6.03. The lowest BCUT2D eigenvalue weighted by molar-refractivity contribution is 0.403. The number of benzene rings is 1. The van der Waals surface area contributed by atoms with E-state index in [9.17, 15) is 0 Å². The van der Waals surface area contributed by atoms with E-state index < -0.39 is 0 Å². The monoisotopic (exact) mass is 265 g/mol. The molecule has 18 heavy (non-hydrogen) atoms. The van der Waals surface area contributed by atoms with E-state index in [0.717, 1.165) is 17.5 Å². The quantitative estimate of drug-likeness (QED) is 0.759. The molecule has 0 amide bonds. The summed E-state index contributed by atoms with van der Waals surface area (Å²) < 4.78 is 0. The van der Waals surface area contributed by atoms with Gasteiger partial charge in [-0.1, -0.05) is 49.4 Å². The maximum atomic E-state index is 6.03. The molecule has 0 unspecified atom stereocenters. The summed E-state index contributed by atoms with van der Waals surface area (Å²) in [6.07, 6.45) is 8.49. The molecule has 1 aliphatic carbocycles. The van der Waals surface area contributed by atoms with Crippen LogP contribution in [0.3, 0.4) is 0 Å². The van der Waals surface area contributed by atoms with Crippen LogP contribution in [0.4, 0.5) is 0 Å². The zero-order valence-corrected chi connectivity index (χ0v) is 12.0. The number of hydrogen-bond donors (Lipinski definition) is 1. The maximum Gasteiger partial charge on any atom is 0.0409 e. The van der Waals surface area contributed by atoms with Gasteiger partial charge in [-0.2, -0.15) is 0 Å². The lowest BCUT2D eigenvalue weighted by atomic mass is 9.99. The Labute approximate surface area is 116 Å². The second-order valence-corrected chi connectivity index (χ2v) is 5.98. The Kier molecular flexibility index (Phi) is 5.52. The van der Waals surface area contributed by atoms with E-state index in [1.807, 2.05) is 12.1 Å². The molecule has 0 radical (unpaired) electrons. The zero-order valence-electron chi connectivity index (χ0n) is 11.3. The van der Waals surface area contributed by atoms with Crippen molar-refractivity contribution in [3.63, 3.8) is 0 Å². The summed E-state index contributed by atoms with van der Waals surface area (Å²) in [5.74, 6) is 0.870. The second kappa shape index (κ2) is 7.16. The number of nitrogens with one attached hydrogen (secondary N) is 1. The van der Waals surface area contributed by atoms with Gasteiger partial charge in [0.05, 0.1) is 0 Å². The van der Waals surface area contributed by atoms with Crippen molar-refractivity contribution in [3.8, 4) is 0 Å². The molecule has 1 aliphatic rings. The molecule has 0 saturated heterocycles. The average Bonchev–Trinajstić information content (AvgIpc) is 2.64. The zero-order chi connectivity index (χ0) is 12.8. The number of hydrogen-bond acceptors (Lipinski definition) is 1. The van der Waals surface area contributed by atoms with Crippen LogP contribution in [0.25, 0.3) is 0 Å². The molecule has 1 atom stereocenters. The molecule has 1 aromatic rings. The van der Waals surface area contributed by atoms with E-state index in [-0.39, 0.29) is 0 Å². The molecule has 1 aromatic carbocycles. The Hall–Kier alpha value is -0.530. The highest BCUT2D eigenvalue weighted by Crippen LogP contribution is 2.23. The minimum absolute atomic E-state index is 0.395. The first kappa shape index (κ1) is 13.9. The van der Waals surface area contributed by atoms with Gasteiger partial charge in [-0.05, 0) is 49.9 Å². The van der Waals surface area contributed by atoms with Crippen molar-refractivity contribution in [2.24, 2.45) is 5.92 Å². The predicted octanol–water partition coefficient (Wildman–Crippen LogP) is 4.96. The Balaban J connectivity index is 1.82. The molecular weight excluding hydrogens is 242 g/mol. The minimum Gasteiger partial charge on any atom is -0.310 e. The highest BCUT2D eigenvalue weighted by atomic mass is 35.5. The van der Waals surface area contributed by atoms with Gasteiger partial charge in [0.25, 0.3) is 0 Å². The first-order valence-electron chi connectivity index (χ1n) is 7.24. The molecule has 1 saturated carbocycles. The fourth-order valence-corrected chi connectivity index (χ4v) is 3.00. The lowest BCUT2D eigenvalue weighted by Gasteiger charge is -2.19. The highest BCUT2D eigenvalue weighted by Gasteiger charge is 2.13. The summed E-state index contributed by atoms with van der Waals surface area (Å²) in [7, 11) is 0. The van der Waals surface area contributed by atoms with Crippen LogP contribution in [0.1, 0.15) is 57.1 Å². The first-order chi connectivity index (χ1) is 8.75. The summed E-state index contributed by atoms with van der Waals surface area (Å²) in [6, 6.07) is 8.57. The summed E-state index contributed by atoms with van der Waals surface area (Å²) in [6.45, 7) is 3.37. The molecule has 100 valence electrons. The van der Waals surface area contributed by atoms with Crippen molar-refractivity contribution in [1.29, 1.82) is 0 Å². The van der Waals surface area contributed by atoms with Crippen LogP contribution in [0.5, 0.6) is 0 Å². The van der Waals surface area contributed by atoms with Gasteiger partial charge in [0.15, 0.2) is 0 Å². The topological polar surface area (TPSA) is 12.0 Å². The smallest absolute Gasteiger partial charge is 0.0409 e. The minimum atomic E-state index is 0.395. The van der Waals surface area contributed by atoms with Crippen LogP contribution in [0.2, 0.25) is 5.02 Å². The van der Waals surface area contributed by atoms with Crippen molar-refractivity contribution in [3.05, 3.63) is 34.9 Å². The van der Waals surface area contributed by atoms with E-state index in [1.54, 1.807) is 0 Å². The fourth-order valence-electron chi connectivity index (χ4n) is 2.81. The largest absolute Gasteiger partial charge is 0.310 e. The fraction of sp³-hybridized carbons (Fsp3) is 0.625. The van der Waals surface area contributed by atoms with Crippen LogP contribution in [-0.4, -0.2) is 6.54 Å². The Morgan fingerprint density at radius 3 is 2.61 bits per heavy atom. The van der Waals surface area contributed by atoms with Gasteiger partial charge in [0, 0.05) is 11.1 Å². The van der Waals surface area contributed by atoms with E-state index in [0.29, 0.717) is 6.04 Å². The Bertz CT molecular complexity index is 356. The van der Waals surface area contributed by atoms with Gasteiger partial charge in [-0.3, -0.25) is 0 Å². The number of halogens is 1. The normalized spacial score (nSPS) is 19.4. The highest BCUT2D eigenvalue weighted by molar-refractivity contribution is 6.30. The van der Waals surface area contributed by atoms with Crippen LogP contribution in [0, 0.1) is 5.92 Å². The van der Waals surface area contributed by atoms with Crippen molar-refractivity contribution in [2.75, 3.05) is 6.54 Å². The molecule has 0 aliphatic heterocycles. The van der Waals surface area contributed by atoms with E-state index in [4.69, 9.17) is 11.6 Å².